The van der Waals surface area contributed by atoms with Crippen molar-refractivity contribution in [3.8, 4) is 0 Å². The number of carbonyl (C=O) groups excluding carboxylic acids is 1. The molecule has 5 heteroatoms. The first kappa shape index (κ1) is 16.8. The summed E-state index contributed by atoms with van der Waals surface area (Å²) in [5, 5.41) is 11.8. The quantitative estimate of drug-likeness (QED) is 0.818. The highest BCUT2D eigenvalue weighted by atomic mass is 16.6. The van der Waals surface area contributed by atoms with Gasteiger partial charge in [0.1, 0.15) is 11.6 Å². The Bertz CT molecular complexity index is 505. The molecule has 114 valence electrons. The second-order valence-electron chi connectivity index (χ2n) is 5.63. The second-order valence-corrected chi connectivity index (χ2v) is 5.63. The van der Waals surface area contributed by atoms with Crippen molar-refractivity contribution in [3.05, 3.63) is 48.6 Å². The molecule has 0 spiro atoms. The summed E-state index contributed by atoms with van der Waals surface area (Å²) in [7, 11) is 0. The summed E-state index contributed by atoms with van der Waals surface area (Å²) in [5.41, 5.74) is 0.0692. The van der Waals surface area contributed by atoms with Gasteiger partial charge in [0.05, 0.1) is 0 Å². The highest BCUT2D eigenvalue weighted by Gasteiger charge is 2.30. The Labute approximate surface area is 124 Å². The molecule has 1 aromatic rings. The Hall–Kier alpha value is -2.30. The second kappa shape index (κ2) is 6.92. The Balaban J connectivity index is 2.93. The molecule has 0 unspecified atom stereocenters. The van der Waals surface area contributed by atoms with E-state index in [1.807, 2.05) is 6.07 Å². The molecule has 2 atom stereocenters. The van der Waals surface area contributed by atoms with E-state index >= 15 is 0 Å². The number of nitrogens with one attached hydrogen (secondary N) is 1. The van der Waals surface area contributed by atoms with Crippen LogP contribution >= 0.6 is 0 Å². The summed E-state index contributed by atoms with van der Waals surface area (Å²) in [6.45, 7) is 8.81. The molecule has 0 fully saturated rings. The lowest BCUT2D eigenvalue weighted by atomic mass is 9.91. The van der Waals surface area contributed by atoms with Crippen molar-refractivity contribution >= 4 is 12.1 Å². The Morgan fingerprint density at radius 2 is 1.86 bits per heavy atom. The lowest BCUT2D eigenvalue weighted by Gasteiger charge is -2.25. The number of alkyl carbamates (subject to hydrolysis) is 1. The van der Waals surface area contributed by atoms with E-state index in [9.17, 15) is 14.7 Å². The van der Waals surface area contributed by atoms with E-state index in [4.69, 9.17) is 4.74 Å². The summed E-state index contributed by atoms with van der Waals surface area (Å²) >= 11 is 0. The zero-order valence-electron chi connectivity index (χ0n) is 12.5. The minimum atomic E-state index is -1.14. The smallest absolute Gasteiger partial charge is 0.408 e. The van der Waals surface area contributed by atoms with Crippen LogP contribution in [0.15, 0.2) is 43.0 Å². The normalized spacial score (nSPS) is 13.9. The van der Waals surface area contributed by atoms with Gasteiger partial charge in [0.15, 0.2) is 0 Å². The summed E-state index contributed by atoms with van der Waals surface area (Å²) < 4.78 is 5.10. The number of hydrogen-bond donors (Lipinski definition) is 2. The van der Waals surface area contributed by atoms with Gasteiger partial charge in [0.25, 0.3) is 0 Å². The van der Waals surface area contributed by atoms with Crippen molar-refractivity contribution in [3.63, 3.8) is 0 Å². The van der Waals surface area contributed by atoms with Crippen molar-refractivity contribution in [1.82, 2.24) is 5.32 Å². The molecule has 1 amide bonds. The van der Waals surface area contributed by atoms with E-state index in [2.05, 4.69) is 11.9 Å². The van der Waals surface area contributed by atoms with Gasteiger partial charge in [-0.1, -0.05) is 36.4 Å². The average molecular weight is 291 g/mol. The minimum Gasteiger partial charge on any atom is -0.480 e. The predicted molar refractivity (Wildman–Crippen MR) is 80.2 cm³/mol. The molecule has 0 bridgehead atoms. The van der Waals surface area contributed by atoms with Crippen LogP contribution in [0, 0.1) is 0 Å². The summed E-state index contributed by atoms with van der Waals surface area (Å²) in [6.07, 6.45) is 0.739. The molecular weight excluding hydrogens is 270 g/mol. The van der Waals surface area contributed by atoms with E-state index in [1.165, 1.54) is 6.08 Å². The number of carboxylic acids is 1. The van der Waals surface area contributed by atoms with Crippen molar-refractivity contribution in [1.29, 1.82) is 0 Å². The molecule has 0 aliphatic heterocycles. The van der Waals surface area contributed by atoms with Crippen LogP contribution in [0.1, 0.15) is 32.3 Å². The number of rotatable bonds is 5. The van der Waals surface area contributed by atoms with E-state index in [-0.39, 0.29) is 0 Å². The van der Waals surface area contributed by atoms with Crippen molar-refractivity contribution < 1.29 is 19.4 Å². The third-order valence-electron chi connectivity index (χ3n) is 2.74. The van der Waals surface area contributed by atoms with E-state index in [0.717, 1.165) is 5.56 Å². The predicted octanol–water partition coefficient (Wildman–Crippen LogP) is 2.93. The highest BCUT2D eigenvalue weighted by molar-refractivity contribution is 5.81. The molecular formula is C16H21NO4. The largest absolute Gasteiger partial charge is 0.480 e. The molecule has 0 aliphatic carbocycles. The van der Waals surface area contributed by atoms with Gasteiger partial charge >= 0.3 is 12.1 Å². The molecule has 0 radical (unpaired) electrons. The standard InChI is InChI=1S/C16H21NO4/c1-5-12(11-9-7-6-8-10-11)13(14(18)19)17-15(20)21-16(2,3)4/h5-10,12-13H,1H2,2-4H3,(H,17,20)(H,18,19)/t12-,13-/m0/s1. The zero-order valence-corrected chi connectivity index (χ0v) is 12.5. The van der Waals surface area contributed by atoms with Crippen molar-refractivity contribution in [2.24, 2.45) is 0 Å². The van der Waals surface area contributed by atoms with Gasteiger partial charge in [-0.25, -0.2) is 9.59 Å². The fourth-order valence-electron chi connectivity index (χ4n) is 1.88. The van der Waals surface area contributed by atoms with Gasteiger partial charge < -0.3 is 15.2 Å². The van der Waals surface area contributed by atoms with Gasteiger partial charge in [-0.15, -0.1) is 6.58 Å². The van der Waals surface area contributed by atoms with Crippen molar-refractivity contribution in [2.75, 3.05) is 0 Å². The molecule has 0 aliphatic rings. The fourth-order valence-corrected chi connectivity index (χ4v) is 1.88. The summed E-state index contributed by atoms with van der Waals surface area (Å²) in [5.74, 6) is -1.69. The van der Waals surface area contributed by atoms with Crippen LogP contribution in [0.2, 0.25) is 0 Å². The number of carboxylic acid groups (broad SMARTS) is 1. The summed E-state index contributed by atoms with van der Waals surface area (Å²) in [6, 6.07) is 7.88. The molecule has 5 nitrogen and oxygen atoms in total. The Morgan fingerprint density at radius 1 is 1.29 bits per heavy atom. The molecule has 2 N–H and O–H groups in total. The van der Waals surface area contributed by atoms with Crippen LogP contribution in [0.25, 0.3) is 0 Å². The third kappa shape index (κ3) is 5.30. The number of benzene rings is 1. The first-order valence-electron chi connectivity index (χ1n) is 6.64. The van der Waals surface area contributed by atoms with E-state index < -0.39 is 29.6 Å². The minimum absolute atomic E-state index is 0.545. The van der Waals surface area contributed by atoms with Crippen LogP contribution in [-0.2, 0) is 9.53 Å². The lowest BCUT2D eigenvalue weighted by Crippen LogP contribution is -2.46. The van der Waals surface area contributed by atoms with Crippen LogP contribution in [0.5, 0.6) is 0 Å². The molecule has 21 heavy (non-hydrogen) atoms. The third-order valence-corrected chi connectivity index (χ3v) is 2.74. The van der Waals surface area contributed by atoms with Crippen molar-refractivity contribution in [2.45, 2.75) is 38.3 Å². The van der Waals surface area contributed by atoms with Gasteiger partial charge in [-0.05, 0) is 26.3 Å². The molecule has 1 rings (SSSR count). The number of hydrogen-bond acceptors (Lipinski definition) is 3. The SMILES string of the molecule is C=C[C@@H](c1ccccc1)[C@H](NC(=O)OC(C)(C)C)C(=O)O. The number of carbonyl (C=O) groups is 2. The van der Waals surface area contributed by atoms with Crippen LogP contribution in [-0.4, -0.2) is 28.8 Å². The maximum atomic E-state index is 11.8. The lowest BCUT2D eigenvalue weighted by molar-refractivity contribution is -0.139. The molecule has 0 aromatic heterocycles. The van der Waals surface area contributed by atoms with Gasteiger partial charge in [0.2, 0.25) is 0 Å². The maximum Gasteiger partial charge on any atom is 0.408 e. The monoisotopic (exact) mass is 291 g/mol. The Morgan fingerprint density at radius 3 is 2.29 bits per heavy atom. The molecule has 0 saturated carbocycles. The van der Waals surface area contributed by atoms with Crippen LogP contribution < -0.4 is 5.32 Å². The highest BCUT2D eigenvalue weighted by Crippen LogP contribution is 2.21. The average Bonchev–Trinajstić information content (AvgIpc) is 2.37. The maximum absolute atomic E-state index is 11.8. The number of amides is 1. The van der Waals surface area contributed by atoms with E-state index in [0.29, 0.717) is 0 Å². The first-order chi connectivity index (χ1) is 9.74. The first-order valence-corrected chi connectivity index (χ1v) is 6.64. The fraction of sp³-hybridized carbons (Fsp3) is 0.375. The zero-order chi connectivity index (χ0) is 16.0. The van der Waals surface area contributed by atoms with Gasteiger partial charge in [-0.2, -0.15) is 0 Å². The van der Waals surface area contributed by atoms with E-state index in [1.54, 1.807) is 45.0 Å². The van der Waals surface area contributed by atoms with Crippen LogP contribution in [0.3, 0.4) is 0 Å². The summed E-state index contributed by atoms with van der Waals surface area (Å²) in [4.78, 5) is 23.3. The molecule has 0 saturated heterocycles. The number of ether oxygens (including phenoxy) is 1. The topological polar surface area (TPSA) is 75.6 Å². The van der Waals surface area contributed by atoms with Gasteiger partial charge in [-0.3, -0.25) is 0 Å². The number of aliphatic carboxylic acids is 1. The van der Waals surface area contributed by atoms with Gasteiger partial charge in [0, 0.05) is 5.92 Å². The Kier molecular flexibility index (Phi) is 5.52. The molecule has 1 aromatic carbocycles. The molecule has 0 heterocycles. The van der Waals surface area contributed by atoms with Crippen LogP contribution in [0.4, 0.5) is 4.79 Å².